The lowest BCUT2D eigenvalue weighted by molar-refractivity contribution is -0.384. The van der Waals surface area contributed by atoms with Crippen LogP contribution in [0.2, 0.25) is 5.02 Å². The zero-order chi connectivity index (χ0) is 70.6. The monoisotopic (exact) mass is 1370 g/mol. The molecule has 7 rings (SSSR count). The maximum atomic E-state index is 11.6. The lowest BCUT2D eigenvalue weighted by Crippen LogP contribution is -2.27. The van der Waals surface area contributed by atoms with Crippen molar-refractivity contribution in [1.82, 2.24) is 0 Å². The normalized spacial score (nSPS) is 11.9. The number of hydrogen-bond donors (Lipinski definition) is 2. The molecule has 0 bridgehead atoms. The Morgan fingerprint density at radius 1 is 0.521 bits per heavy atom. The number of halogens is 2. The Morgan fingerprint density at radius 3 is 1.23 bits per heavy atom. The van der Waals surface area contributed by atoms with E-state index < -0.39 is 17.1 Å². The van der Waals surface area contributed by atoms with Gasteiger partial charge in [0.2, 0.25) is 6.79 Å². The Labute approximate surface area is 567 Å². The summed E-state index contributed by atoms with van der Waals surface area (Å²) < 4.78 is 21.8. The van der Waals surface area contributed by atoms with Gasteiger partial charge in [0.15, 0.2) is 63.4 Å². The van der Waals surface area contributed by atoms with Gasteiger partial charge in [0, 0.05) is 70.0 Å². The first-order chi connectivity index (χ1) is 44.4. The number of aliphatic hydroxyl groups is 2. The Balaban J connectivity index is 0.000000385. The highest BCUT2D eigenvalue weighted by Gasteiger charge is 2.22. The van der Waals surface area contributed by atoms with Crippen LogP contribution in [0.1, 0.15) is 116 Å². The van der Waals surface area contributed by atoms with E-state index in [4.69, 9.17) is 37.1 Å². The number of allylic oxidation sites excluding steroid dienone is 4. The number of non-ortho nitro benzene ring substituents is 1. The molecule has 0 amide bonds. The zero-order valence-corrected chi connectivity index (χ0v) is 58.3. The molecular weight excluding hydrogens is 1280 g/mol. The number of carbonyl (C=O) groups is 6. The van der Waals surface area contributed by atoms with Crippen LogP contribution >= 0.6 is 27.5 Å². The van der Waals surface area contributed by atoms with Crippen molar-refractivity contribution in [3.63, 3.8) is 0 Å². The first-order valence-electron chi connectivity index (χ1n) is 30.5. The van der Waals surface area contributed by atoms with E-state index in [9.17, 15) is 49.1 Å². The standard InChI is InChI=1S/C14H20O4.C13H13NO.C13H16O4.C12H13BrO.C12H13ClO.C12H13NO3/c1-9(2)14(16)11(15)7-10-5-6-12(17-3)13(8-10)18-4;1-10(2)13(15)9-6-11-4-7-12(14-3)8-5-11;1-8(2)13(15)10(14)5-9-3-4-11-12(6-9)17-7-16-11;2*1-9(2)12(14)8-5-10-3-6-11(13)7-4-10;1-9(2)12(14)8-5-10-3-6-11(7-4-10)13(15)16/h5-6,8-9,11,15H,7H2,1-4H3;4-10H,1-2H3;3-4,6,8,10,14H,5,7H2,1-2H3;2*3-9H,1-2H3;3-9H,1-2H3/b;9-6+;;3*8-5+/t11-;;10-;;;/m1.1.../s1. The molecule has 0 spiro atoms. The molecule has 1 aliphatic rings. The zero-order valence-electron chi connectivity index (χ0n) is 56.0. The number of hydrogen-bond acceptors (Lipinski definition) is 14. The minimum absolute atomic E-state index is 0.0313. The molecule has 0 aliphatic carbocycles. The van der Waals surface area contributed by atoms with Crippen LogP contribution in [0.25, 0.3) is 29.1 Å². The van der Waals surface area contributed by atoms with E-state index >= 15 is 0 Å². The molecular formula is C76H88BrClN2O14. The number of benzene rings is 6. The van der Waals surface area contributed by atoms with Crippen molar-refractivity contribution in [2.75, 3.05) is 21.0 Å². The maximum Gasteiger partial charge on any atom is 0.269 e. The van der Waals surface area contributed by atoms with Crippen molar-refractivity contribution in [1.29, 1.82) is 0 Å². The van der Waals surface area contributed by atoms with E-state index in [1.165, 1.54) is 18.2 Å². The highest BCUT2D eigenvalue weighted by molar-refractivity contribution is 9.10. The van der Waals surface area contributed by atoms with Gasteiger partial charge in [0.25, 0.3) is 5.69 Å². The summed E-state index contributed by atoms with van der Waals surface area (Å²) in [7, 11) is 3.12. The summed E-state index contributed by atoms with van der Waals surface area (Å²) in [6.07, 6.45) is 12.1. The summed E-state index contributed by atoms with van der Waals surface area (Å²) >= 11 is 9.09. The second-order valence-corrected chi connectivity index (χ2v) is 24.5. The van der Waals surface area contributed by atoms with Gasteiger partial charge >= 0.3 is 0 Å². The molecule has 6 aromatic carbocycles. The molecule has 1 aliphatic heterocycles. The number of aliphatic hydroxyl groups excluding tert-OH is 2. The Kier molecular flexibility index (Phi) is 37.2. The number of Topliss-reactive ketones (excluding diaryl/α,β-unsaturated/α-hetero) is 2. The van der Waals surface area contributed by atoms with Gasteiger partial charge in [0.05, 0.1) is 25.7 Å². The average molecular weight is 1370 g/mol. The molecule has 0 aromatic heterocycles. The number of ether oxygens (including phenoxy) is 4. The predicted octanol–water partition coefficient (Wildman–Crippen LogP) is 17.0. The van der Waals surface area contributed by atoms with Gasteiger partial charge in [-0.15, -0.1) is 0 Å². The van der Waals surface area contributed by atoms with Gasteiger partial charge in [-0.1, -0.05) is 196 Å². The van der Waals surface area contributed by atoms with Gasteiger partial charge < -0.3 is 29.2 Å². The topological polar surface area (TPSA) is 227 Å². The van der Waals surface area contributed by atoms with E-state index in [0.29, 0.717) is 40.1 Å². The summed E-state index contributed by atoms with van der Waals surface area (Å²) in [5.41, 5.74) is 6.13. The number of ketones is 6. The molecule has 0 fully saturated rings. The minimum atomic E-state index is -0.969. The fourth-order valence-electron chi connectivity index (χ4n) is 7.49. The number of fused-ring (bicyclic) bond motifs is 1. The second kappa shape index (κ2) is 43.1. The molecule has 0 saturated carbocycles. The third-order valence-electron chi connectivity index (χ3n) is 13.4. The fourth-order valence-corrected chi connectivity index (χ4v) is 7.88. The molecule has 2 N–H and O–H groups in total. The number of nitrogens with zero attached hydrogens (tertiary/aromatic N) is 2. The average Bonchev–Trinajstić information content (AvgIpc) is 1.68. The Bertz CT molecular complexity index is 3490. The summed E-state index contributed by atoms with van der Waals surface area (Å²) in [4.78, 5) is 81.6. The molecule has 0 saturated heterocycles. The van der Waals surface area contributed by atoms with Gasteiger partial charge in [0.1, 0.15) is 12.2 Å². The van der Waals surface area contributed by atoms with E-state index in [0.717, 1.165) is 37.9 Å². The largest absolute Gasteiger partial charge is 0.493 e. The Morgan fingerprint density at radius 2 is 0.872 bits per heavy atom. The lowest BCUT2D eigenvalue weighted by Gasteiger charge is -2.14. The fraction of sp³-hybridized carbons (Fsp3) is 0.329. The molecule has 0 unspecified atom stereocenters. The van der Waals surface area contributed by atoms with E-state index in [-0.39, 0.29) is 89.1 Å². The SMILES string of the molecule is CC(C)C(=O)/C=C/c1ccc(Br)cc1.CC(C)C(=O)/C=C/c1ccc(Cl)cc1.CC(C)C(=O)/C=C/c1ccc([N+](=O)[O-])cc1.CC(C)C(=O)[C@H](O)Cc1ccc2c(c1)OCO2.COc1ccc(C[C@@H](O)C(=O)C(C)C)cc1OC.[C-]#[N+]c1ccc(/C=C/C(=O)C(C)C)cc1. The lowest BCUT2D eigenvalue weighted by atomic mass is 9.98. The Hall–Kier alpha value is -8.92. The van der Waals surface area contributed by atoms with Crippen molar-refractivity contribution < 1.29 is 62.9 Å². The molecule has 6 aromatic rings. The second-order valence-electron chi connectivity index (χ2n) is 23.1. The van der Waals surface area contributed by atoms with E-state index in [1.807, 2.05) is 122 Å². The smallest absolute Gasteiger partial charge is 0.269 e. The van der Waals surface area contributed by atoms with Gasteiger partial charge in [-0.3, -0.25) is 38.9 Å². The first-order valence-corrected chi connectivity index (χ1v) is 31.7. The molecule has 18 heteroatoms. The highest BCUT2D eigenvalue weighted by Crippen LogP contribution is 2.33. The van der Waals surface area contributed by atoms with Crippen LogP contribution in [0.4, 0.5) is 11.4 Å². The van der Waals surface area contributed by atoms with Gasteiger partial charge in [-0.2, -0.15) is 0 Å². The van der Waals surface area contributed by atoms with Crippen LogP contribution in [0.15, 0.2) is 162 Å². The number of rotatable bonds is 23. The first kappa shape index (κ1) is 81.2. The summed E-state index contributed by atoms with van der Waals surface area (Å²) in [5.74, 6) is 2.58. The summed E-state index contributed by atoms with van der Waals surface area (Å²) in [5, 5.41) is 30.7. The van der Waals surface area contributed by atoms with Crippen molar-refractivity contribution in [2.45, 2.75) is 108 Å². The van der Waals surface area contributed by atoms with E-state index in [1.54, 1.807) is 139 Å². The van der Waals surface area contributed by atoms with Gasteiger partial charge in [-0.25, -0.2) is 4.85 Å². The summed E-state index contributed by atoms with van der Waals surface area (Å²) in [6, 6.07) is 39.2. The van der Waals surface area contributed by atoms with Crippen molar-refractivity contribution in [3.05, 3.63) is 222 Å². The third kappa shape index (κ3) is 31.6. The van der Waals surface area contributed by atoms with Crippen molar-refractivity contribution in [2.24, 2.45) is 35.5 Å². The van der Waals surface area contributed by atoms with Crippen LogP contribution < -0.4 is 18.9 Å². The molecule has 1 heterocycles. The molecule has 500 valence electrons. The van der Waals surface area contributed by atoms with Crippen LogP contribution in [0, 0.1) is 52.2 Å². The minimum Gasteiger partial charge on any atom is -0.493 e. The highest BCUT2D eigenvalue weighted by atomic mass is 79.9. The van der Waals surface area contributed by atoms with Crippen molar-refractivity contribution >= 4 is 97.9 Å². The molecule has 94 heavy (non-hydrogen) atoms. The van der Waals surface area contributed by atoms with Gasteiger partial charge in [-0.05, 0) is 118 Å². The van der Waals surface area contributed by atoms with Crippen LogP contribution in [-0.2, 0) is 41.6 Å². The number of nitro benzene ring substituents is 1. The predicted molar refractivity (Wildman–Crippen MR) is 378 cm³/mol. The molecule has 2 atom stereocenters. The number of carbonyl (C=O) groups excluding carboxylic acids is 6. The molecule has 16 nitrogen and oxygen atoms in total. The molecule has 0 radical (unpaired) electrons. The number of methoxy groups -OCH3 is 2. The third-order valence-corrected chi connectivity index (χ3v) is 14.2. The number of nitro groups is 1. The maximum absolute atomic E-state index is 11.6. The summed E-state index contributed by atoms with van der Waals surface area (Å²) in [6.45, 7) is 29.1. The van der Waals surface area contributed by atoms with Crippen LogP contribution in [0.5, 0.6) is 23.0 Å². The van der Waals surface area contributed by atoms with Crippen LogP contribution in [-0.4, -0.2) is 83.1 Å². The van der Waals surface area contributed by atoms with Crippen LogP contribution in [0.3, 0.4) is 0 Å². The van der Waals surface area contributed by atoms with E-state index in [2.05, 4.69) is 20.8 Å². The quantitative estimate of drug-likeness (QED) is 0.0263. The van der Waals surface area contributed by atoms with Crippen molar-refractivity contribution in [3.8, 4) is 23.0 Å².